The number of furan rings is 1. The predicted octanol–water partition coefficient (Wildman–Crippen LogP) is 3.68. The van der Waals surface area contributed by atoms with Crippen LogP contribution in [0.15, 0.2) is 40.8 Å². The standard InChI is InChI=1S/C22H24ClFN4O3/c1-14-3-8-19(31-14)18(27-9-11-30-12-10-27)13-25-22(29)20-15(2)26-28(21(20)23)17-6-4-16(24)5-7-17/h3-8,18H,9-13H2,1-2H3,(H,25,29). The van der Waals surface area contributed by atoms with E-state index in [-0.39, 0.29) is 22.9 Å². The average molecular weight is 447 g/mol. The molecule has 0 radical (unpaired) electrons. The van der Waals surface area contributed by atoms with Gasteiger partial charge in [-0.2, -0.15) is 5.10 Å². The fraction of sp³-hybridized carbons (Fsp3) is 0.364. The first kappa shape index (κ1) is 21.5. The van der Waals surface area contributed by atoms with E-state index in [1.165, 1.54) is 16.8 Å². The molecule has 1 N–H and O–H groups in total. The van der Waals surface area contributed by atoms with Crippen LogP contribution in [0.2, 0.25) is 5.15 Å². The van der Waals surface area contributed by atoms with Gasteiger partial charge in [0.05, 0.1) is 36.2 Å². The highest BCUT2D eigenvalue weighted by atomic mass is 35.5. The van der Waals surface area contributed by atoms with E-state index in [4.69, 9.17) is 20.8 Å². The fourth-order valence-corrected chi connectivity index (χ4v) is 4.08. The van der Waals surface area contributed by atoms with Crippen LogP contribution in [-0.4, -0.2) is 53.4 Å². The van der Waals surface area contributed by atoms with Crippen LogP contribution in [0.3, 0.4) is 0 Å². The lowest BCUT2D eigenvalue weighted by molar-refractivity contribution is 0.0117. The van der Waals surface area contributed by atoms with E-state index < -0.39 is 0 Å². The first-order chi connectivity index (χ1) is 14.9. The van der Waals surface area contributed by atoms with Crippen molar-refractivity contribution in [2.75, 3.05) is 32.8 Å². The lowest BCUT2D eigenvalue weighted by atomic mass is 10.1. The van der Waals surface area contributed by atoms with Gasteiger partial charge in [0.1, 0.15) is 22.5 Å². The van der Waals surface area contributed by atoms with E-state index in [2.05, 4.69) is 15.3 Å². The summed E-state index contributed by atoms with van der Waals surface area (Å²) < 4.78 is 26.0. The van der Waals surface area contributed by atoms with Crippen molar-refractivity contribution in [1.82, 2.24) is 20.0 Å². The van der Waals surface area contributed by atoms with Crippen molar-refractivity contribution in [1.29, 1.82) is 0 Å². The monoisotopic (exact) mass is 446 g/mol. The number of aryl methyl sites for hydroxylation is 2. The number of rotatable bonds is 6. The van der Waals surface area contributed by atoms with Gasteiger partial charge in [0.2, 0.25) is 0 Å². The van der Waals surface area contributed by atoms with E-state index in [9.17, 15) is 9.18 Å². The first-order valence-corrected chi connectivity index (χ1v) is 10.5. The molecule has 1 aliphatic heterocycles. The maximum Gasteiger partial charge on any atom is 0.256 e. The molecule has 1 aliphatic rings. The van der Waals surface area contributed by atoms with Crippen molar-refractivity contribution in [3.05, 3.63) is 70.1 Å². The second kappa shape index (κ2) is 9.21. The normalized spacial score (nSPS) is 15.7. The molecule has 0 bridgehead atoms. The average Bonchev–Trinajstić information content (AvgIpc) is 3.32. The Morgan fingerprint density at radius 2 is 1.90 bits per heavy atom. The largest absolute Gasteiger partial charge is 0.465 e. The maximum atomic E-state index is 13.2. The number of morpholine rings is 1. The van der Waals surface area contributed by atoms with E-state index in [0.717, 1.165) is 24.6 Å². The van der Waals surface area contributed by atoms with E-state index in [1.807, 2.05) is 19.1 Å². The third-order valence-electron chi connectivity index (χ3n) is 5.33. The minimum absolute atomic E-state index is 0.118. The molecule has 1 unspecified atom stereocenters. The zero-order valence-electron chi connectivity index (χ0n) is 17.4. The number of aromatic nitrogens is 2. The quantitative estimate of drug-likeness (QED) is 0.625. The van der Waals surface area contributed by atoms with Gasteiger partial charge in [0.25, 0.3) is 5.91 Å². The highest BCUT2D eigenvalue weighted by Crippen LogP contribution is 2.26. The lowest BCUT2D eigenvalue weighted by Gasteiger charge is -2.33. The molecule has 1 aromatic carbocycles. The number of amides is 1. The summed E-state index contributed by atoms with van der Waals surface area (Å²) in [7, 11) is 0. The van der Waals surface area contributed by atoms with Crippen molar-refractivity contribution in [3.8, 4) is 5.69 Å². The topological polar surface area (TPSA) is 72.5 Å². The van der Waals surface area contributed by atoms with Gasteiger partial charge in [-0.15, -0.1) is 0 Å². The summed E-state index contributed by atoms with van der Waals surface area (Å²) in [6.45, 7) is 6.75. The van der Waals surface area contributed by atoms with Crippen LogP contribution < -0.4 is 5.32 Å². The molecule has 1 amide bonds. The molecule has 1 fully saturated rings. The molecule has 0 aliphatic carbocycles. The van der Waals surface area contributed by atoms with Crippen LogP contribution in [0, 0.1) is 19.7 Å². The van der Waals surface area contributed by atoms with Gasteiger partial charge in [-0.25, -0.2) is 9.07 Å². The Bertz CT molecular complexity index is 1060. The number of halogens is 2. The molecule has 3 aromatic rings. The molecule has 3 heterocycles. The third kappa shape index (κ3) is 4.66. The third-order valence-corrected chi connectivity index (χ3v) is 5.68. The summed E-state index contributed by atoms with van der Waals surface area (Å²) >= 11 is 6.48. The molecule has 2 aromatic heterocycles. The van der Waals surface area contributed by atoms with Gasteiger partial charge < -0.3 is 14.5 Å². The Morgan fingerprint density at radius 3 is 2.55 bits per heavy atom. The Balaban J connectivity index is 1.53. The van der Waals surface area contributed by atoms with Gasteiger partial charge in [-0.3, -0.25) is 9.69 Å². The van der Waals surface area contributed by atoms with Crippen molar-refractivity contribution in [2.45, 2.75) is 19.9 Å². The highest BCUT2D eigenvalue weighted by Gasteiger charge is 2.27. The molecular formula is C22H24ClFN4O3. The Morgan fingerprint density at radius 1 is 1.19 bits per heavy atom. The van der Waals surface area contributed by atoms with Crippen LogP contribution in [0.4, 0.5) is 4.39 Å². The van der Waals surface area contributed by atoms with Crippen molar-refractivity contribution in [2.24, 2.45) is 0 Å². The van der Waals surface area contributed by atoms with Crippen LogP contribution >= 0.6 is 11.6 Å². The predicted molar refractivity (Wildman–Crippen MR) is 114 cm³/mol. The summed E-state index contributed by atoms with van der Waals surface area (Å²) in [4.78, 5) is 15.3. The molecule has 1 saturated heterocycles. The number of ether oxygens (including phenoxy) is 1. The minimum atomic E-state index is -0.357. The number of benzene rings is 1. The Labute approximate surface area is 184 Å². The molecule has 31 heavy (non-hydrogen) atoms. The number of hydrogen-bond acceptors (Lipinski definition) is 5. The number of nitrogens with zero attached hydrogens (tertiary/aromatic N) is 3. The zero-order valence-corrected chi connectivity index (χ0v) is 18.2. The minimum Gasteiger partial charge on any atom is -0.465 e. The van der Waals surface area contributed by atoms with Crippen LogP contribution in [-0.2, 0) is 4.74 Å². The summed E-state index contributed by atoms with van der Waals surface area (Å²) in [6.07, 6.45) is 0. The van der Waals surface area contributed by atoms with Gasteiger partial charge in [0.15, 0.2) is 0 Å². The van der Waals surface area contributed by atoms with Crippen LogP contribution in [0.25, 0.3) is 5.69 Å². The molecule has 0 spiro atoms. The highest BCUT2D eigenvalue weighted by molar-refractivity contribution is 6.33. The molecule has 0 saturated carbocycles. The Kier molecular flexibility index (Phi) is 6.41. The SMILES string of the molecule is Cc1ccc(C(CNC(=O)c2c(C)nn(-c3ccc(F)cc3)c2Cl)N2CCOCC2)o1. The Hall–Kier alpha value is -2.68. The summed E-state index contributed by atoms with van der Waals surface area (Å²) in [5.74, 6) is 0.935. The molecule has 7 nitrogen and oxygen atoms in total. The second-order valence-corrected chi connectivity index (χ2v) is 7.82. The second-order valence-electron chi connectivity index (χ2n) is 7.46. The smallest absolute Gasteiger partial charge is 0.256 e. The summed E-state index contributed by atoms with van der Waals surface area (Å²) in [5, 5.41) is 7.53. The first-order valence-electron chi connectivity index (χ1n) is 10.1. The van der Waals surface area contributed by atoms with Gasteiger partial charge in [-0.05, 0) is 50.2 Å². The van der Waals surface area contributed by atoms with Gasteiger partial charge in [0, 0.05) is 19.6 Å². The maximum absolute atomic E-state index is 13.2. The van der Waals surface area contributed by atoms with Crippen molar-refractivity contribution < 1.29 is 18.3 Å². The number of nitrogens with one attached hydrogen (secondary N) is 1. The lowest BCUT2D eigenvalue weighted by Crippen LogP contribution is -2.43. The molecule has 1 atom stereocenters. The van der Waals surface area contributed by atoms with Crippen LogP contribution in [0.5, 0.6) is 0 Å². The number of hydrogen-bond donors (Lipinski definition) is 1. The van der Waals surface area contributed by atoms with E-state index >= 15 is 0 Å². The molecular weight excluding hydrogens is 423 g/mol. The van der Waals surface area contributed by atoms with Crippen LogP contribution in [0.1, 0.15) is 33.6 Å². The van der Waals surface area contributed by atoms with E-state index in [0.29, 0.717) is 36.7 Å². The summed E-state index contributed by atoms with van der Waals surface area (Å²) in [5.41, 5.74) is 1.36. The summed E-state index contributed by atoms with van der Waals surface area (Å²) in [6, 6.07) is 9.49. The van der Waals surface area contributed by atoms with Gasteiger partial charge in [-0.1, -0.05) is 11.6 Å². The molecule has 9 heteroatoms. The fourth-order valence-electron chi connectivity index (χ4n) is 3.72. The molecule has 4 rings (SSSR count). The van der Waals surface area contributed by atoms with Gasteiger partial charge >= 0.3 is 0 Å². The van der Waals surface area contributed by atoms with E-state index in [1.54, 1.807) is 19.1 Å². The number of carbonyl (C=O) groups is 1. The molecule has 164 valence electrons. The number of carbonyl (C=O) groups excluding carboxylic acids is 1. The zero-order chi connectivity index (χ0) is 22.0. The van der Waals surface area contributed by atoms with Crippen molar-refractivity contribution in [3.63, 3.8) is 0 Å². The van der Waals surface area contributed by atoms with Crippen molar-refractivity contribution >= 4 is 17.5 Å².